The fourth-order valence-electron chi connectivity index (χ4n) is 3.01. The summed E-state index contributed by atoms with van der Waals surface area (Å²) in [6, 6.07) is 14.7. The third-order valence-electron chi connectivity index (χ3n) is 4.29. The molecule has 0 bridgehead atoms. The van der Waals surface area contributed by atoms with E-state index in [1.54, 1.807) is 41.3 Å². The van der Waals surface area contributed by atoms with Gasteiger partial charge < -0.3 is 5.32 Å². The summed E-state index contributed by atoms with van der Waals surface area (Å²) in [5.41, 5.74) is 2.93. The van der Waals surface area contributed by atoms with E-state index in [0.29, 0.717) is 28.5 Å². The average Bonchev–Trinajstić information content (AvgIpc) is 3.23. The fourth-order valence-corrected chi connectivity index (χ4v) is 3.18. The van der Waals surface area contributed by atoms with Crippen molar-refractivity contribution in [2.45, 2.75) is 19.9 Å². The summed E-state index contributed by atoms with van der Waals surface area (Å²) in [5.74, 6) is -0.143. The molecular formula is C21H21ClN6O. The molecule has 3 rings (SSSR count). The number of carbonyl (C=O) groups is 1. The number of nitrogens with zero attached hydrogens (tertiary/aromatic N) is 5. The topological polar surface area (TPSA) is 86.8 Å². The Bertz CT molecular complexity index is 995. The second-order valence-corrected chi connectivity index (χ2v) is 7.01. The minimum absolute atomic E-state index is 0.143. The molecule has 0 aliphatic heterocycles. The molecule has 2 aromatic carbocycles. The third-order valence-corrected chi connectivity index (χ3v) is 4.53. The van der Waals surface area contributed by atoms with Crippen LogP contribution in [0.15, 0.2) is 55.1 Å². The lowest BCUT2D eigenvalue weighted by Gasteiger charge is -2.21. The second kappa shape index (κ2) is 9.82. The Morgan fingerprint density at radius 2 is 2.07 bits per heavy atom. The van der Waals surface area contributed by atoms with Crippen molar-refractivity contribution < 1.29 is 4.79 Å². The molecule has 0 saturated carbocycles. The molecule has 0 atom stereocenters. The number of aromatic nitrogens is 3. The first-order chi connectivity index (χ1) is 14.1. The maximum absolute atomic E-state index is 12.7. The summed E-state index contributed by atoms with van der Waals surface area (Å²) in [4.78, 5) is 18.8. The lowest BCUT2D eigenvalue weighted by atomic mass is 10.1. The van der Waals surface area contributed by atoms with Crippen LogP contribution in [0, 0.1) is 11.3 Å². The molecular weight excluding hydrogens is 388 g/mol. The van der Waals surface area contributed by atoms with E-state index < -0.39 is 0 Å². The number of carbonyl (C=O) groups excluding carboxylic acids is 1. The summed E-state index contributed by atoms with van der Waals surface area (Å²) in [6.07, 6.45) is 3.92. The Morgan fingerprint density at radius 3 is 2.72 bits per heavy atom. The van der Waals surface area contributed by atoms with Crippen LogP contribution in [0.25, 0.3) is 5.69 Å². The van der Waals surface area contributed by atoms with Gasteiger partial charge in [-0.25, -0.2) is 9.67 Å². The van der Waals surface area contributed by atoms with Crippen LogP contribution in [-0.4, -0.2) is 38.7 Å². The predicted molar refractivity (Wildman–Crippen MR) is 112 cm³/mol. The summed E-state index contributed by atoms with van der Waals surface area (Å²) in [6.45, 7) is 3.71. The lowest BCUT2D eigenvalue weighted by molar-refractivity contribution is -0.117. The molecule has 0 aliphatic carbocycles. The zero-order valence-electron chi connectivity index (χ0n) is 16.0. The molecule has 0 unspecified atom stereocenters. The van der Waals surface area contributed by atoms with Gasteiger partial charge >= 0.3 is 0 Å². The molecule has 148 valence electrons. The first-order valence-electron chi connectivity index (χ1n) is 9.25. The van der Waals surface area contributed by atoms with Gasteiger partial charge in [-0.1, -0.05) is 30.7 Å². The number of halogens is 1. The third kappa shape index (κ3) is 5.64. The van der Waals surface area contributed by atoms with E-state index >= 15 is 0 Å². The molecule has 7 nitrogen and oxygen atoms in total. The normalized spacial score (nSPS) is 10.7. The van der Waals surface area contributed by atoms with E-state index in [-0.39, 0.29) is 12.5 Å². The lowest BCUT2D eigenvalue weighted by Crippen LogP contribution is -2.33. The van der Waals surface area contributed by atoms with Crippen molar-refractivity contribution in [3.63, 3.8) is 0 Å². The zero-order valence-corrected chi connectivity index (χ0v) is 16.8. The molecule has 0 aliphatic rings. The summed E-state index contributed by atoms with van der Waals surface area (Å²) in [5, 5.41) is 16.5. The molecule has 1 aromatic heterocycles. The van der Waals surface area contributed by atoms with Crippen molar-refractivity contribution in [3.05, 3.63) is 71.3 Å². The van der Waals surface area contributed by atoms with Crippen molar-refractivity contribution >= 4 is 23.2 Å². The van der Waals surface area contributed by atoms with Gasteiger partial charge in [-0.3, -0.25) is 9.69 Å². The van der Waals surface area contributed by atoms with Crippen molar-refractivity contribution in [2.24, 2.45) is 0 Å². The second-order valence-electron chi connectivity index (χ2n) is 6.57. The zero-order chi connectivity index (χ0) is 20.6. The Kier molecular flexibility index (Phi) is 6.95. The van der Waals surface area contributed by atoms with Gasteiger partial charge in [0.05, 0.1) is 29.6 Å². The minimum atomic E-state index is -0.143. The van der Waals surface area contributed by atoms with Crippen LogP contribution in [0.5, 0.6) is 0 Å². The highest BCUT2D eigenvalue weighted by molar-refractivity contribution is 6.31. The number of rotatable bonds is 8. The summed E-state index contributed by atoms with van der Waals surface area (Å²) < 4.78 is 1.58. The largest absolute Gasteiger partial charge is 0.323 e. The maximum atomic E-state index is 12.7. The van der Waals surface area contributed by atoms with Crippen molar-refractivity contribution in [3.8, 4) is 11.8 Å². The first kappa shape index (κ1) is 20.5. The average molecular weight is 409 g/mol. The number of amides is 1. The van der Waals surface area contributed by atoms with Gasteiger partial charge in [0.2, 0.25) is 5.91 Å². The standard InChI is InChI=1S/C21H21ClN6O/c1-2-9-27(12-17-5-3-16(11-23)4-6-17)13-21(29)26-19-10-18(22)7-8-20(19)28-15-24-14-25-28/h3-8,10,14-15H,2,9,12-13H2,1H3,(H,26,29). The smallest absolute Gasteiger partial charge is 0.238 e. The molecule has 29 heavy (non-hydrogen) atoms. The fraction of sp³-hybridized carbons (Fsp3) is 0.238. The van der Waals surface area contributed by atoms with Gasteiger partial charge in [-0.05, 0) is 48.9 Å². The SMILES string of the molecule is CCCN(CC(=O)Nc1cc(Cl)ccc1-n1cncn1)Cc1ccc(C#N)cc1. The Hall–Kier alpha value is -3.21. The van der Waals surface area contributed by atoms with Crippen LogP contribution >= 0.6 is 11.6 Å². The van der Waals surface area contributed by atoms with E-state index in [4.69, 9.17) is 16.9 Å². The number of benzene rings is 2. The van der Waals surface area contributed by atoms with E-state index in [1.165, 1.54) is 6.33 Å². The Balaban J connectivity index is 1.70. The molecule has 8 heteroatoms. The van der Waals surface area contributed by atoms with Gasteiger partial charge in [0.15, 0.2) is 0 Å². The van der Waals surface area contributed by atoms with Crippen LogP contribution in [0.1, 0.15) is 24.5 Å². The van der Waals surface area contributed by atoms with E-state index in [0.717, 1.165) is 18.5 Å². The predicted octanol–water partition coefficient (Wildman–Crippen LogP) is 3.64. The van der Waals surface area contributed by atoms with Gasteiger partial charge in [-0.2, -0.15) is 10.4 Å². The highest BCUT2D eigenvalue weighted by atomic mass is 35.5. The van der Waals surface area contributed by atoms with Crippen LogP contribution in [0.2, 0.25) is 5.02 Å². The van der Waals surface area contributed by atoms with E-state index in [1.807, 2.05) is 12.1 Å². The number of hydrogen-bond donors (Lipinski definition) is 1. The molecule has 0 radical (unpaired) electrons. The van der Waals surface area contributed by atoms with Crippen molar-refractivity contribution in [2.75, 3.05) is 18.4 Å². The first-order valence-corrected chi connectivity index (χ1v) is 9.62. The van der Waals surface area contributed by atoms with Crippen LogP contribution in [-0.2, 0) is 11.3 Å². The summed E-state index contributed by atoms with van der Waals surface area (Å²) in [7, 11) is 0. The van der Waals surface area contributed by atoms with Crippen molar-refractivity contribution in [1.29, 1.82) is 5.26 Å². The van der Waals surface area contributed by atoms with Gasteiger partial charge in [0.1, 0.15) is 12.7 Å². The molecule has 0 saturated heterocycles. The Morgan fingerprint density at radius 1 is 1.28 bits per heavy atom. The molecule has 0 fully saturated rings. The molecule has 1 amide bonds. The maximum Gasteiger partial charge on any atom is 0.238 e. The van der Waals surface area contributed by atoms with E-state index in [2.05, 4.69) is 33.3 Å². The van der Waals surface area contributed by atoms with Gasteiger partial charge in [0.25, 0.3) is 0 Å². The van der Waals surface area contributed by atoms with Gasteiger partial charge in [0, 0.05) is 11.6 Å². The highest BCUT2D eigenvalue weighted by Gasteiger charge is 2.14. The molecule has 0 spiro atoms. The number of nitriles is 1. The summed E-state index contributed by atoms with van der Waals surface area (Å²) >= 11 is 6.12. The van der Waals surface area contributed by atoms with Crippen LogP contribution in [0.4, 0.5) is 5.69 Å². The number of nitrogens with one attached hydrogen (secondary N) is 1. The van der Waals surface area contributed by atoms with Crippen LogP contribution < -0.4 is 5.32 Å². The Labute approximate surface area is 174 Å². The number of hydrogen-bond acceptors (Lipinski definition) is 5. The number of anilines is 1. The van der Waals surface area contributed by atoms with Crippen molar-refractivity contribution in [1.82, 2.24) is 19.7 Å². The highest BCUT2D eigenvalue weighted by Crippen LogP contribution is 2.24. The molecule has 1 heterocycles. The monoisotopic (exact) mass is 408 g/mol. The molecule has 3 aromatic rings. The van der Waals surface area contributed by atoms with Crippen LogP contribution in [0.3, 0.4) is 0 Å². The minimum Gasteiger partial charge on any atom is -0.323 e. The van der Waals surface area contributed by atoms with Gasteiger partial charge in [-0.15, -0.1) is 0 Å². The molecule has 1 N–H and O–H groups in total. The van der Waals surface area contributed by atoms with E-state index in [9.17, 15) is 4.79 Å². The quantitative estimate of drug-likeness (QED) is 0.614.